The molecule has 6 nitrogen and oxygen atoms in total. The van der Waals surface area contributed by atoms with Crippen LogP contribution >= 0.6 is 11.5 Å². The Morgan fingerprint density at radius 2 is 1.79 bits per heavy atom. The lowest BCUT2D eigenvalue weighted by Gasteiger charge is -2.09. The molecular weight excluding hydrogens is 326 g/mol. The number of amides is 1. The Labute approximate surface area is 143 Å². The van der Waals surface area contributed by atoms with Gasteiger partial charge in [0.2, 0.25) is 5.13 Å². The molecule has 0 aliphatic rings. The number of hydrogen-bond acceptors (Lipinski definition) is 6. The molecular formula is C17H15N3O3S. The minimum atomic E-state index is -0.285. The number of rotatable bonds is 5. The van der Waals surface area contributed by atoms with Crippen molar-refractivity contribution in [1.29, 1.82) is 0 Å². The quantitative estimate of drug-likeness (QED) is 0.769. The van der Waals surface area contributed by atoms with E-state index in [1.54, 1.807) is 25.3 Å². The number of carbonyl (C=O) groups is 1. The molecule has 1 heterocycles. The first kappa shape index (κ1) is 15.9. The summed E-state index contributed by atoms with van der Waals surface area (Å²) in [5, 5.41) is 3.19. The predicted molar refractivity (Wildman–Crippen MR) is 92.8 cm³/mol. The highest BCUT2D eigenvalue weighted by Gasteiger charge is 2.13. The van der Waals surface area contributed by atoms with E-state index in [2.05, 4.69) is 14.7 Å². The Morgan fingerprint density at radius 1 is 1.04 bits per heavy atom. The van der Waals surface area contributed by atoms with Crippen molar-refractivity contribution in [3.63, 3.8) is 0 Å². The molecule has 0 radical (unpaired) electrons. The van der Waals surface area contributed by atoms with Gasteiger partial charge in [0.25, 0.3) is 5.91 Å². The first-order valence-corrected chi connectivity index (χ1v) is 7.91. The summed E-state index contributed by atoms with van der Waals surface area (Å²) in [6.45, 7) is 0. The molecule has 0 saturated heterocycles. The van der Waals surface area contributed by atoms with Gasteiger partial charge >= 0.3 is 0 Å². The van der Waals surface area contributed by atoms with Gasteiger partial charge in [-0.3, -0.25) is 10.1 Å². The number of aromatic nitrogens is 2. The van der Waals surface area contributed by atoms with E-state index in [0.717, 1.165) is 17.1 Å². The zero-order chi connectivity index (χ0) is 16.9. The minimum Gasteiger partial charge on any atom is -0.493 e. The maximum Gasteiger partial charge on any atom is 0.257 e. The molecule has 0 saturated carbocycles. The number of nitrogens with zero attached hydrogens (tertiary/aromatic N) is 2. The molecule has 0 atom stereocenters. The van der Waals surface area contributed by atoms with E-state index in [9.17, 15) is 4.79 Å². The standard InChI is InChI=1S/C17H15N3O3S/c1-22-13-9-8-12(10-14(13)23-2)16(21)19-17-18-15(20-24-17)11-6-4-3-5-7-11/h3-10H,1-2H3,(H,18,19,20,21). The highest BCUT2D eigenvalue weighted by atomic mass is 32.1. The maximum atomic E-state index is 12.4. The number of carbonyl (C=O) groups excluding carboxylic acids is 1. The number of ether oxygens (including phenoxy) is 2. The third-order valence-corrected chi connectivity index (χ3v) is 3.95. The second-order valence-corrected chi connectivity index (χ2v) is 5.56. The summed E-state index contributed by atoms with van der Waals surface area (Å²) in [7, 11) is 3.07. The zero-order valence-electron chi connectivity index (χ0n) is 13.1. The Balaban J connectivity index is 1.77. The molecule has 122 valence electrons. The van der Waals surface area contributed by atoms with Gasteiger partial charge in [0.05, 0.1) is 14.2 Å². The summed E-state index contributed by atoms with van der Waals surface area (Å²) in [5.74, 6) is 1.36. The molecule has 1 amide bonds. The van der Waals surface area contributed by atoms with Gasteiger partial charge in [-0.2, -0.15) is 9.36 Å². The van der Waals surface area contributed by atoms with E-state index in [0.29, 0.717) is 28.0 Å². The molecule has 3 rings (SSSR count). The van der Waals surface area contributed by atoms with E-state index in [1.807, 2.05) is 30.3 Å². The molecule has 0 aliphatic carbocycles. The Kier molecular flexibility index (Phi) is 4.72. The smallest absolute Gasteiger partial charge is 0.257 e. The molecule has 0 bridgehead atoms. The van der Waals surface area contributed by atoms with Crippen LogP contribution in [0.2, 0.25) is 0 Å². The van der Waals surface area contributed by atoms with Gasteiger partial charge in [-0.1, -0.05) is 30.3 Å². The molecule has 0 unspecified atom stereocenters. The summed E-state index contributed by atoms with van der Waals surface area (Å²) in [5.41, 5.74) is 1.35. The van der Waals surface area contributed by atoms with Gasteiger partial charge in [-0.25, -0.2) is 0 Å². The normalized spacial score (nSPS) is 10.2. The molecule has 7 heteroatoms. The number of methoxy groups -OCH3 is 2. The van der Waals surface area contributed by atoms with E-state index in [4.69, 9.17) is 9.47 Å². The third kappa shape index (κ3) is 3.36. The van der Waals surface area contributed by atoms with Crippen molar-refractivity contribution in [3.8, 4) is 22.9 Å². The number of nitrogens with one attached hydrogen (secondary N) is 1. The monoisotopic (exact) mass is 341 g/mol. The lowest BCUT2D eigenvalue weighted by atomic mass is 10.2. The fraction of sp³-hybridized carbons (Fsp3) is 0.118. The highest BCUT2D eigenvalue weighted by Crippen LogP contribution is 2.28. The lowest BCUT2D eigenvalue weighted by molar-refractivity contribution is 0.102. The predicted octanol–water partition coefficient (Wildman–Crippen LogP) is 3.47. The maximum absolute atomic E-state index is 12.4. The van der Waals surface area contributed by atoms with Crippen LogP contribution in [-0.4, -0.2) is 29.5 Å². The molecule has 0 spiro atoms. The van der Waals surface area contributed by atoms with Crippen LogP contribution in [0.5, 0.6) is 11.5 Å². The second kappa shape index (κ2) is 7.10. The van der Waals surface area contributed by atoms with Crippen molar-refractivity contribution in [2.75, 3.05) is 19.5 Å². The molecule has 0 fully saturated rings. The fourth-order valence-corrected chi connectivity index (χ4v) is 2.71. The van der Waals surface area contributed by atoms with Crippen molar-refractivity contribution >= 4 is 22.6 Å². The SMILES string of the molecule is COc1ccc(C(=O)Nc2nc(-c3ccccc3)ns2)cc1OC. The number of benzene rings is 2. The van der Waals surface area contributed by atoms with Crippen molar-refractivity contribution in [2.45, 2.75) is 0 Å². The number of hydrogen-bond donors (Lipinski definition) is 1. The average molecular weight is 341 g/mol. The van der Waals surface area contributed by atoms with Crippen LogP contribution in [0.3, 0.4) is 0 Å². The highest BCUT2D eigenvalue weighted by molar-refractivity contribution is 7.10. The summed E-state index contributed by atoms with van der Waals surface area (Å²) in [6, 6.07) is 14.6. The van der Waals surface area contributed by atoms with E-state index in [-0.39, 0.29) is 5.91 Å². The summed E-state index contributed by atoms with van der Waals surface area (Å²) in [4.78, 5) is 16.7. The van der Waals surface area contributed by atoms with Crippen molar-refractivity contribution in [1.82, 2.24) is 9.36 Å². The fourth-order valence-electron chi connectivity index (χ4n) is 2.13. The van der Waals surface area contributed by atoms with Gasteiger partial charge in [0, 0.05) is 22.7 Å². The van der Waals surface area contributed by atoms with Crippen LogP contribution in [0.15, 0.2) is 48.5 Å². The minimum absolute atomic E-state index is 0.285. The van der Waals surface area contributed by atoms with Gasteiger partial charge in [-0.15, -0.1) is 0 Å². The first-order valence-electron chi connectivity index (χ1n) is 7.14. The second-order valence-electron chi connectivity index (χ2n) is 4.81. The molecule has 2 aromatic carbocycles. The van der Waals surface area contributed by atoms with Crippen LogP contribution < -0.4 is 14.8 Å². The lowest BCUT2D eigenvalue weighted by Crippen LogP contribution is -2.11. The molecule has 3 aromatic rings. The van der Waals surface area contributed by atoms with E-state index in [1.165, 1.54) is 7.11 Å². The van der Waals surface area contributed by atoms with Gasteiger partial charge in [0.15, 0.2) is 17.3 Å². The first-order chi connectivity index (χ1) is 11.7. The largest absolute Gasteiger partial charge is 0.493 e. The van der Waals surface area contributed by atoms with Crippen LogP contribution in [0.1, 0.15) is 10.4 Å². The van der Waals surface area contributed by atoms with Crippen LogP contribution in [0.4, 0.5) is 5.13 Å². The van der Waals surface area contributed by atoms with E-state index >= 15 is 0 Å². The van der Waals surface area contributed by atoms with Crippen molar-refractivity contribution < 1.29 is 14.3 Å². The van der Waals surface area contributed by atoms with Gasteiger partial charge in [-0.05, 0) is 18.2 Å². The molecule has 0 aliphatic heterocycles. The summed E-state index contributed by atoms with van der Waals surface area (Å²) < 4.78 is 14.6. The van der Waals surface area contributed by atoms with E-state index < -0.39 is 0 Å². The van der Waals surface area contributed by atoms with Crippen molar-refractivity contribution in [2.24, 2.45) is 0 Å². The zero-order valence-corrected chi connectivity index (χ0v) is 14.0. The summed E-state index contributed by atoms with van der Waals surface area (Å²) in [6.07, 6.45) is 0. The topological polar surface area (TPSA) is 73.3 Å². The van der Waals surface area contributed by atoms with Crippen LogP contribution in [0.25, 0.3) is 11.4 Å². The summed E-state index contributed by atoms with van der Waals surface area (Å²) >= 11 is 1.14. The van der Waals surface area contributed by atoms with Gasteiger partial charge < -0.3 is 9.47 Å². The van der Waals surface area contributed by atoms with Gasteiger partial charge in [0.1, 0.15) is 0 Å². The van der Waals surface area contributed by atoms with Crippen molar-refractivity contribution in [3.05, 3.63) is 54.1 Å². The molecule has 1 N–H and O–H groups in total. The average Bonchev–Trinajstić information content (AvgIpc) is 3.10. The third-order valence-electron chi connectivity index (χ3n) is 3.32. The van der Waals surface area contributed by atoms with Crippen LogP contribution in [-0.2, 0) is 0 Å². The molecule has 1 aromatic heterocycles. The Bertz CT molecular complexity index is 849. The Hall–Kier alpha value is -2.93. The van der Waals surface area contributed by atoms with Crippen LogP contribution in [0, 0.1) is 0 Å². The Morgan fingerprint density at radius 3 is 2.50 bits per heavy atom. The number of anilines is 1. The molecule has 24 heavy (non-hydrogen) atoms.